The Hall–Kier alpha value is -1.30. The lowest BCUT2D eigenvalue weighted by molar-refractivity contribution is 0.0277. The Morgan fingerprint density at radius 2 is 2.10 bits per heavy atom. The highest BCUT2D eigenvalue weighted by atomic mass is 79.9. The first kappa shape index (κ1) is 16.8. The summed E-state index contributed by atoms with van der Waals surface area (Å²) in [5.41, 5.74) is 0.454. The fraction of sp³-hybridized carbons (Fsp3) is 0.571. The second kappa shape index (κ2) is 6.92. The van der Waals surface area contributed by atoms with E-state index >= 15 is 0 Å². The molecule has 0 unspecified atom stereocenters. The fourth-order valence-electron chi connectivity index (χ4n) is 1.39. The summed E-state index contributed by atoms with van der Waals surface area (Å²) >= 11 is 3.35. The number of hydrogen-bond acceptors (Lipinski definition) is 4. The lowest BCUT2D eigenvalue weighted by atomic mass is 10.2. The SMILES string of the molecule is Cc1cc(Br)cnc1OCCN(C)C(=O)OC(C)(C)C. The van der Waals surface area contributed by atoms with E-state index in [1.165, 1.54) is 4.90 Å². The Balaban J connectivity index is 2.42. The van der Waals surface area contributed by atoms with Crippen LogP contribution in [-0.2, 0) is 4.74 Å². The standard InChI is InChI=1S/C14H21BrN2O3/c1-10-8-11(15)9-16-12(10)19-7-6-17(5)13(18)20-14(2,3)4/h8-9H,6-7H2,1-5H3. The van der Waals surface area contributed by atoms with Crippen molar-refractivity contribution in [2.24, 2.45) is 0 Å². The highest BCUT2D eigenvalue weighted by Gasteiger charge is 2.19. The van der Waals surface area contributed by atoms with Crippen molar-refractivity contribution < 1.29 is 14.3 Å². The molecule has 20 heavy (non-hydrogen) atoms. The maximum absolute atomic E-state index is 11.7. The van der Waals surface area contributed by atoms with Gasteiger partial charge in [0.15, 0.2) is 0 Å². The molecule has 0 radical (unpaired) electrons. The Bertz CT molecular complexity index is 472. The molecule has 0 fully saturated rings. The van der Waals surface area contributed by atoms with Crippen LogP contribution in [0, 0.1) is 6.92 Å². The second-order valence-corrected chi connectivity index (χ2v) is 6.44. The Labute approximate surface area is 128 Å². The van der Waals surface area contributed by atoms with E-state index in [4.69, 9.17) is 9.47 Å². The van der Waals surface area contributed by atoms with Gasteiger partial charge in [-0.3, -0.25) is 0 Å². The number of aryl methyl sites for hydroxylation is 1. The summed E-state index contributed by atoms with van der Waals surface area (Å²) in [6, 6.07) is 1.93. The largest absolute Gasteiger partial charge is 0.476 e. The minimum absolute atomic E-state index is 0.360. The number of rotatable bonds is 4. The van der Waals surface area contributed by atoms with E-state index in [9.17, 15) is 4.79 Å². The van der Waals surface area contributed by atoms with Crippen molar-refractivity contribution in [3.8, 4) is 5.88 Å². The summed E-state index contributed by atoms with van der Waals surface area (Å²) in [7, 11) is 1.68. The van der Waals surface area contributed by atoms with Crippen molar-refractivity contribution in [1.29, 1.82) is 0 Å². The van der Waals surface area contributed by atoms with E-state index in [1.54, 1.807) is 13.2 Å². The van der Waals surface area contributed by atoms with Gasteiger partial charge in [0, 0.05) is 23.3 Å². The van der Waals surface area contributed by atoms with Crippen LogP contribution in [0.4, 0.5) is 4.79 Å². The van der Waals surface area contributed by atoms with Gasteiger partial charge in [-0.25, -0.2) is 9.78 Å². The van der Waals surface area contributed by atoms with Gasteiger partial charge < -0.3 is 14.4 Å². The van der Waals surface area contributed by atoms with Gasteiger partial charge in [0.2, 0.25) is 5.88 Å². The molecule has 0 saturated carbocycles. The molecule has 112 valence electrons. The highest BCUT2D eigenvalue weighted by molar-refractivity contribution is 9.10. The van der Waals surface area contributed by atoms with Crippen molar-refractivity contribution in [3.05, 3.63) is 22.3 Å². The minimum atomic E-state index is -0.490. The molecule has 6 heteroatoms. The number of nitrogens with zero attached hydrogens (tertiary/aromatic N) is 2. The number of halogens is 1. The summed E-state index contributed by atoms with van der Waals surface area (Å²) < 4.78 is 11.7. The third kappa shape index (κ3) is 5.77. The normalized spacial score (nSPS) is 11.1. The molecule has 0 aromatic carbocycles. The highest BCUT2D eigenvalue weighted by Crippen LogP contribution is 2.18. The van der Waals surface area contributed by atoms with E-state index in [0.29, 0.717) is 19.0 Å². The van der Waals surface area contributed by atoms with Crippen LogP contribution in [-0.4, -0.2) is 41.8 Å². The van der Waals surface area contributed by atoms with Gasteiger partial charge in [-0.15, -0.1) is 0 Å². The summed E-state index contributed by atoms with van der Waals surface area (Å²) in [6.07, 6.45) is 1.32. The zero-order chi connectivity index (χ0) is 15.3. The molecule has 0 aliphatic carbocycles. The maximum atomic E-state index is 11.7. The van der Waals surface area contributed by atoms with E-state index in [-0.39, 0.29) is 6.09 Å². The molecule has 0 bridgehead atoms. The number of ether oxygens (including phenoxy) is 2. The molecule has 1 amide bonds. The quantitative estimate of drug-likeness (QED) is 0.839. The summed E-state index contributed by atoms with van der Waals surface area (Å²) in [6.45, 7) is 8.24. The molecule has 0 spiro atoms. The van der Waals surface area contributed by atoms with Crippen molar-refractivity contribution in [2.45, 2.75) is 33.3 Å². The van der Waals surface area contributed by atoms with E-state index in [0.717, 1.165) is 10.0 Å². The molecule has 5 nitrogen and oxygen atoms in total. The number of carbonyl (C=O) groups excluding carboxylic acids is 1. The predicted octanol–water partition coefficient (Wildman–Crippen LogP) is 3.40. The maximum Gasteiger partial charge on any atom is 0.410 e. The summed E-state index contributed by atoms with van der Waals surface area (Å²) in [5.74, 6) is 0.575. The van der Waals surface area contributed by atoms with Gasteiger partial charge in [0.1, 0.15) is 12.2 Å². The predicted molar refractivity (Wildman–Crippen MR) is 81.0 cm³/mol. The lowest BCUT2D eigenvalue weighted by Gasteiger charge is -2.24. The first-order chi connectivity index (χ1) is 9.19. The van der Waals surface area contributed by atoms with Gasteiger partial charge in [0.25, 0.3) is 0 Å². The Morgan fingerprint density at radius 3 is 2.65 bits per heavy atom. The topological polar surface area (TPSA) is 51.7 Å². The molecule has 0 aliphatic heterocycles. The van der Waals surface area contributed by atoms with E-state index < -0.39 is 5.60 Å². The van der Waals surface area contributed by atoms with Gasteiger partial charge >= 0.3 is 6.09 Å². The number of aromatic nitrogens is 1. The fourth-order valence-corrected chi connectivity index (χ4v) is 1.84. The van der Waals surface area contributed by atoms with Gasteiger partial charge in [-0.2, -0.15) is 0 Å². The van der Waals surface area contributed by atoms with Crippen LogP contribution in [0.3, 0.4) is 0 Å². The monoisotopic (exact) mass is 344 g/mol. The van der Waals surface area contributed by atoms with Crippen molar-refractivity contribution in [3.63, 3.8) is 0 Å². The summed E-state index contributed by atoms with van der Waals surface area (Å²) in [5, 5.41) is 0. The smallest absolute Gasteiger partial charge is 0.410 e. The van der Waals surface area contributed by atoms with Crippen LogP contribution >= 0.6 is 15.9 Å². The number of pyridine rings is 1. The Morgan fingerprint density at radius 1 is 1.45 bits per heavy atom. The molecule has 0 saturated heterocycles. The third-order valence-corrected chi connectivity index (χ3v) is 2.80. The number of likely N-dealkylation sites (N-methyl/N-ethyl adjacent to an activating group) is 1. The molecular formula is C14H21BrN2O3. The third-order valence-electron chi connectivity index (χ3n) is 2.37. The molecule has 1 aromatic rings. The number of carbonyl (C=O) groups is 1. The molecule has 0 atom stereocenters. The number of amides is 1. The van der Waals surface area contributed by atoms with Crippen LogP contribution in [0.2, 0.25) is 0 Å². The average molecular weight is 345 g/mol. The van der Waals surface area contributed by atoms with E-state index in [2.05, 4.69) is 20.9 Å². The summed E-state index contributed by atoms with van der Waals surface area (Å²) in [4.78, 5) is 17.4. The van der Waals surface area contributed by atoms with Gasteiger partial charge in [-0.05, 0) is 49.7 Å². The molecule has 1 aromatic heterocycles. The van der Waals surface area contributed by atoms with Gasteiger partial charge in [-0.1, -0.05) is 0 Å². The van der Waals surface area contributed by atoms with Crippen LogP contribution < -0.4 is 4.74 Å². The van der Waals surface area contributed by atoms with Crippen LogP contribution in [0.5, 0.6) is 5.88 Å². The molecule has 0 aliphatic rings. The van der Waals surface area contributed by atoms with Crippen LogP contribution in [0.15, 0.2) is 16.7 Å². The molecule has 1 heterocycles. The average Bonchev–Trinajstić information content (AvgIpc) is 2.29. The number of hydrogen-bond donors (Lipinski definition) is 0. The minimum Gasteiger partial charge on any atom is -0.476 e. The van der Waals surface area contributed by atoms with Crippen LogP contribution in [0.25, 0.3) is 0 Å². The van der Waals surface area contributed by atoms with Crippen molar-refractivity contribution in [2.75, 3.05) is 20.2 Å². The van der Waals surface area contributed by atoms with Crippen molar-refractivity contribution >= 4 is 22.0 Å². The first-order valence-electron chi connectivity index (χ1n) is 6.38. The second-order valence-electron chi connectivity index (χ2n) is 5.53. The molecule has 1 rings (SSSR count). The zero-order valence-corrected chi connectivity index (χ0v) is 14.2. The van der Waals surface area contributed by atoms with Crippen molar-refractivity contribution in [1.82, 2.24) is 9.88 Å². The van der Waals surface area contributed by atoms with Gasteiger partial charge in [0.05, 0.1) is 6.54 Å². The molecular weight excluding hydrogens is 324 g/mol. The Kier molecular flexibility index (Phi) is 5.80. The van der Waals surface area contributed by atoms with E-state index in [1.807, 2.05) is 33.8 Å². The lowest BCUT2D eigenvalue weighted by Crippen LogP contribution is -2.36. The first-order valence-corrected chi connectivity index (χ1v) is 7.17. The van der Waals surface area contributed by atoms with Crippen LogP contribution in [0.1, 0.15) is 26.3 Å². The molecule has 0 N–H and O–H groups in total. The zero-order valence-electron chi connectivity index (χ0n) is 12.6.